The fraction of sp³-hybridized carbons (Fsp3) is 0.333. The Hall–Kier alpha value is -1.69. The minimum absolute atomic E-state index is 0.237. The maximum absolute atomic E-state index is 5.92. The number of hydrogen-bond donors (Lipinski definition) is 2. The van der Waals surface area contributed by atoms with Crippen LogP contribution in [0.3, 0.4) is 0 Å². The third kappa shape index (κ3) is 4.14. The number of aryl methyl sites for hydroxylation is 1. The summed E-state index contributed by atoms with van der Waals surface area (Å²) in [5.74, 6) is 6.79. The van der Waals surface area contributed by atoms with E-state index in [0.29, 0.717) is 12.4 Å². The zero-order chi connectivity index (χ0) is 15.4. The lowest BCUT2D eigenvalue weighted by atomic mass is 10.1. The molecule has 0 aliphatic heterocycles. The second kappa shape index (κ2) is 6.85. The first-order valence-corrected chi connectivity index (χ1v) is 7.14. The van der Waals surface area contributed by atoms with E-state index in [1.54, 1.807) is 0 Å². The molecule has 3 N–H and O–H groups in total. The Balaban J connectivity index is 2.11. The summed E-state index contributed by atoms with van der Waals surface area (Å²) in [5.41, 5.74) is 4.65. The number of anilines is 1. The van der Waals surface area contributed by atoms with Crippen molar-refractivity contribution in [1.82, 2.24) is 14.9 Å². The van der Waals surface area contributed by atoms with Crippen LogP contribution in [0.25, 0.3) is 0 Å². The third-order valence-corrected chi connectivity index (χ3v) is 3.70. The van der Waals surface area contributed by atoms with Crippen LogP contribution in [-0.2, 0) is 6.54 Å². The first-order valence-electron chi connectivity index (χ1n) is 6.76. The molecule has 0 saturated heterocycles. The smallest absolute Gasteiger partial charge is 0.145 e. The van der Waals surface area contributed by atoms with Crippen LogP contribution in [0.1, 0.15) is 30.0 Å². The minimum Gasteiger partial charge on any atom is -0.308 e. The highest BCUT2D eigenvalue weighted by atomic mass is 35.5. The predicted octanol–water partition coefficient (Wildman–Crippen LogP) is 2.92. The van der Waals surface area contributed by atoms with Gasteiger partial charge in [0.2, 0.25) is 0 Å². The molecule has 6 heteroatoms. The Labute approximate surface area is 130 Å². The molecule has 0 spiro atoms. The number of aromatic nitrogens is 2. The lowest BCUT2D eigenvalue weighted by molar-refractivity contribution is 0.247. The zero-order valence-corrected chi connectivity index (χ0v) is 13.2. The Morgan fingerprint density at radius 2 is 1.95 bits per heavy atom. The molecule has 0 bridgehead atoms. The Morgan fingerprint density at radius 1 is 1.29 bits per heavy atom. The highest BCUT2D eigenvalue weighted by molar-refractivity contribution is 6.30. The van der Waals surface area contributed by atoms with Crippen LogP contribution in [0.5, 0.6) is 0 Å². The van der Waals surface area contributed by atoms with Gasteiger partial charge in [-0.25, -0.2) is 15.8 Å². The van der Waals surface area contributed by atoms with E-state index in [0.717, 1.165) is 16.5 Å². The molecule has 2 rings (SSSR count). The van der Waals surface area contributed by atoms with Gasteiger partial charge in [0, 0.05) is 22.8 Å². The van der Waals surface area contributed by atoms with Crippen molar-refractivity contribution >= 4 is 17.4 Å². The molecule has 0 aliphatic carbocycles. The molecule has 0 amide bonds. The van der Waals surface area contributed by atoms with E-state index in [1.165, 1.54) is 5.56 Å². The molecule has 1 aromatic heterocycles. The number of nitrogens with one attached hydrogen (secondary N) is 1. The van der Waals surface area contributed by atoms with Gasteiger partial charge in [-0.1, -0.05) is 23.7 Å². The summed E-state index contributed by atoms with van der Waals surface area (Å²) in [6.07, 6.45) is 0. The molecule has 0 fully saturated rings. The van der Waals surface area contributed by atoms with Crippen molar-refractivity contribution in [3.63, 3.8) is 0 Å². The van der Waals surface area contributed by atoms with Crippen molar-refractivity contribution in [3.8, 4) is 0 Å². The number of nitrogens with zero attached hydrogens (tertiary/aromatic N) is 3. The summed E-state index contributed by atoms with van der Waals surface area (Å²) in [4.78, 5) is 11.0. The Kier molecular flexibility index (Phi) is 5.12. The van der Waals surface area contributed by atoms with Crippen molar-refractivity contribution < 1.29 is 0 Å². The van der Waals surface area contributed by atoms with Crippen molar-refractivity contribution in [1.29, 1.82) is 0 Å². The zero-order valence-electron chi connectivity index (χ0n) is 12.5. The Bertz CT molecular complexity index is 600. The molecule has 1 aromatic carbocycles. The molecule has 0 aliphatic rings. The van der Waals surface area contributed by atoms with Crippen molar-refractivity contribution in [2.24, 2.45) is 5.84 Å². The van der Waals surface area contributed by atoms with E-state index in [-0.39, 0.29) is 6.04 Å². The number of hydrogen-bond acceptors (Lipinski definition) is 5. The van der Waals surface area contributed by atoms with Crippen LogP contribution in [0, 0.1) is 6.92 Å². The second-order valence-corrected chi connectivity index (χ2v) is 5.53. The van der Waals surface area contributed by atoms with E-state index >= 15 is 0 Å². The van der Waals surface area contributed by atoms with Gasteiger partial charge in [0.15, 0.2) is 0 Å². The van der Waals surface area contributed by atoms with Gasteiger partial charge in [-0.3, -0.25) is 4.90 Å². The number of halogens is 1. The number of nitrogens with two attached hydrogens (primary N) is 1. The van der Waals surface area contributed by atoms with Crippen LogP contribution < -0.4 is 11.3 Å². The monoisotopic (exact) mass is 305 g/mol. The maximum atomic E-state index is 5.92. The average Bonchev–Trinajstić information content (AvgIpc) is 2.46. The van der Waals surface area contributed by atoms with E-state index in [1.807, 2.05) is 44.3 Å². The number of rotatable bonds is 5. The first kappa shape index (κ1) is 15.7. The molecule has 5 nitrogen and oxygen atoms in total. The van der Waals surface area contributed by atoms with Gasteiger partial charge < -0.3 is 5.43 Å². The van der Waals surface area contributed by atoms with Gasteiger partial charge in [0.05, 0.1) is 6.54 Å². The quantitative estimate of drug-likeness (QED) is 0.657. The molecule has 21 heavy (non-hydrogen) atoms. The van der Waals surface area contributed by atoms with E-state index in [9.17, 15) is 0 Å². The summed E-state index contributed by atoms with van der Waals surface area (Å²) in [6, 6.07) is 9.93. The average molecular weight is 306 g/mol. The van der Waals surface area contributed by atoms with Gasteiger partial charge in [0.25, 0.3) is 0 Å². The van der Waals surface area contributed by atoms with Crippen molar-refractivity contribution in [2.45, 2.75) is 26.4 Å². The van der Waals surface area contributed by atoms with Crippen molar-refractivity contribution in [3.05, 3.63) is 52.4 Å². The third-order valence-electron chi connectivity index (χ3n) is 3.45. The van der Waals surface area contributed by atoms with Gasteiger partial charge in [-0.15, -0.1) is 0 Å². The summed E-state index contributed by atoms with van der Waals surface area (Å²) in [5, 5.41) is 0.745. The summed E-state index contributed by atoms with van der Waals surface area (Å²) in [7, 11) is 2.04. The van der Waals surface area contributed by atoms with E-state index < -0.39 is 0 Å². The van der Waals surface area contributed by atoms with Crippen LogP contribution in [0.4, 0.5) is 5.82 Å². The number of hydrazine groups is 1. The number of benzene rings is 1. The standard InChI is InChI=1S/C15H20ClN5/c1-10-8-14(20-17)19-15(18-10)9-21(3)11(2)12-4-6-13(16)7-5-12/h4-8,11H,9,17H2,1-3H3,(H,18,19,20). The minimum atomic E-state index is 0.237. The topological polar surface area (TPSA) is 67.1 Å². The second-order valence-electron chi connectivity index (χ2n) is 5.10. The molecule has 112 valence electrons. The fourth-order valence-electron chi connectivity index (χ4n) is 2.13. The van der Waals surface area contributed by atoms with Crippen LogP contribution in [0.15, 0.2) is 30.3 Å². The van der Waals surface area contributed by atoms with Gasteiger partial charge in [0.1, 0.15) is 11.6 Å². The highest BCUT2D eigenvalue weighted by Gasteiger charge is 2.14. The fourth-order valence-corrected chi connectivity index (χ4v) is 2.26. The van der Waals surface area contributed by atoms with Crippen LogP contribution in [-0.4, -0.2) is 21.9 Å². The molecule has 2 aromatic rings. The van der Waals surface area contributed by atoms with Crippen molar-refractivity contribution in [2.75, 3.05) is 12.5 Å². The first-order chi connectivity index (χ1) is 9.99. The summed E-state index contributed by atoms with van der Waals surface area (Å²) < 4.78 is 0. The van der Waals surface area contributed by atoms with Crippen LogP contribution in [0.2, 0.25) is 5.02 Å². The highest BCUT2D eigenvalue weighted by Crippen LogP contribution is 2.22. The normalized spacial score (nSPS) is 12.5. The Morgan fingerprint density at radius 3 is 2.57 bits per heavy atom. The molecule has 1 heterocycles. The lowest BCUT2D eigenvalue weighted by Gasteiger charge is -2.24. The molecular formula is C15H20ClN5. The van der Waals surface area contributed by atoms with E-state index in [2.05, 4.69) is 27.2 Å². The SMILES string of the molecule is Cc1cc(NN)nc(CN(C)C(C)c2ccc(Cl)cc2)n1. The molecule has 1 atom stereocenters. The molecule has 1 unspecified atom stereocenters. The van der Waals surface area contributed by atoms with E-state index in [4.69, 9.17) is 17.4 Å². The lowest BCUT2D eigenvalue weighted by Crippen LogP contribution is -2.23. The molecule has 0 saturated carbocycles. The maximum Gasteiger partial charge on any atom is 0.145 e. The summed E-state index contributed by atoms with van der Waals surface area (Å²) in [6.45, 7) is 4.70. The van der Waals surface area contributed by atoms with Gasteiger partial charge >= 0.3 is 0 Å². The molecular weight excluding hydrogens is 286 g/mol. The van der Waals surface area contributed by atoms with Gasteiger partial charge in [-0.2, -0.15) is 0 Å². The predicted molar refractivity (Wildman–Crippen MR) is 85.9 cm³/mol. The number of nitrogen functional groups attached to an aromatic ring is 1. The van der Waals surface area contributed by atoms with Crippen LogP contribution >= 0.6 is 11.6 Å². The summed E-state index contributed by atoms with van der Waals surface area (Å²) >= 11 is 5.92. The largest absolute Gasteiger partial charge is 0.308 e. The molecule has 0 radical (unpaired) electrons. The van der Waals surface area contributed by atoms with Gasteiger partial charge in [-0.05, 0) is 38.6 Å².